The SMILES string of the molecule is Cc1nn(-c2ccccc2)c(C)c1/C=C/C(=O)OCCCC(=O)c1ccc(F)cc1. The zero-order valence-corrected chi connectivity index (χ0v) is 17.0. The molecule has 0 aliphatic rings. The van der Waals surface area contributed by atoms with Gasteiger partial charge in [0.1, 0.15) is 5.82 Å². The maximum absolute atomic E-state index is 12.9. The number of carbonyl (C=O) groups excluding carboxylic acids is 2. The first-order valence-corrected chi connectivity index (χ1v) is 9.71. The van der Waals surface area contributed by atoms with Gasteiger partial charge in [0.25, 0.3) is 0 Å². The second kappa shape index (κ2) is 9.78. The van der Waals surface area contributed by atoms with E-state index in [1.165, 1.54) is 30.3 Å². The fourth-order valence-electron chi connectivity index (χ4n) is 3.10. The third-order valence-electron chi connectivity index (χ3n) is 4.69. The first-order valence-electron chi connectivity index (χ1n) is 9.71. The van der Waals surface area contributed by atoms with E-state index in [4.69, 9.17) is 4.74 Å². The molecule has 0 fully saturated rings. The average Bonchev–Trinajstić information content (AvgIpc) is 3.04. The summed E-state index contributed by atoms with van der Waals surface area (Å²) in [6, 6.07) is 15.2. The number of halogens is 1. The molecule has 1 heterocycles. The number of para-hydroxylation sites is 1. The molecular formula is C24H23FN2O3. The quantitative estimate of drug-likeness (QED) is 0.232. The number of rotatable bonds is 8. The van der Waals surface area contributed by atoms with Crippen molar-refractivity contribution >= 4 is 17.8 Å². The monoisotopic (exact) mass is 406 g/mol. The van der Waals surface area contributed by atoms with Crippen molar-refractivity contribution in [2.75, 3.05) is 6.61 Å². The molecule has 0 unspecified atom stereocenters. The van der Waals surface area contributed by atoms with Gasteiger partial charge >= 0.3 is 5.97 Å². The summed E-state index contributed by atoms with van der Waals surface area (Å²) < 4.78 is 19.9. The number of benzene rings is 2. The number of esters is 1. The van der Waals surface area contributed by atoms with Gasteiger partial charge in [0, 0.05) is 29.3 Å². The average molecular weight is 406 g/mol. The fourth-order valence-corrected chi connectivity index (χ4v) is 3.10. The topological polar surface area (TPSA) is 61.2 Å². The summed E-state index contributed by atoms with van der Waals surface area (Å²) in [5, 5.41) is 4.54. The number of hydrogen-bond acceptors (Lipinski definition) is 4. The summed E-state index contributed by atoms with van der Waals surface area (Å²) in [6.45, 7) is 3.97. The van der Waals surface area contributed by atoms with E-state index in [0.717, 1.165) is 22.6 Å². The van der Waals surface area contributed by atoms with E-state index in [1.54, 1.807) is 6.08 Å². The van der Waals surface area contributed by atoms with Gasteiger partial charge in [0.15, 0.2) is 5.78 Å². The first kappa shape index (κ1) is 21.2. The minimum absolute atomic E-state index is 0.110. The minimum Gasteiger partial charge on any atom is -0.463 e. The van der Waals surface area contributed by atoms with Crippen LogP contribution < -0.4 is 0 Å². The molecule has 30 heavy (non-hydrogen) atoms. The zero-order valence-electron chi connectivity index (χ0n) is 17.0. The van der Waals surface area contributed by atoms with E-state index in [1.807, 2.05) is 48.9 Å². The van der Waals surface area contributed by atoms with Crippen LogP contribution in [0.1, 0.15) is 40.2 Å². The Labute approximate surface area is 174 Å². The molecule has 0 saturated heterocycles. The maximum Gasteiger partial charge on any atom is 0.330 e. The summed E-state index contributed by atoms with van der Waals surface area (Å²) >= 11 is 0. The van der Waals surface area contributed by atoms with Crippen LogP contribution in [0.2, 0.25) is 0 Å². The summed E-state index contributed by atoms with van der Waals surface area (Å²) in [5.41, 5.74) is 4.00. The van der Waals surface area contributed by atoms with Crippen LogP contribution in [0.5, 0.6) is 0 Å². The van der Waals surface area contributed by atoms with Crippen LogP contribution in [-0.4, -0.2) is 28.1 Å². The lowest BCUT2D eigenvalue weighted by molar-refractivity contribution is -0.137. The third kappa shape index (κ3) is 5.29. The standard InChI is InChI=1S/C24H23FN2O3/c1-17-22(18(2)27(26-17)21-7-4-3-5-8-21)14-15-24(29)30-16-6-9-23(28)19-10-12-20(25)13-11-19/h3-5,7-8,10-15H,6,9,16H2,1-2H3/b15-14+. The second-order valence-corrected chi connectivity index (χ2v) is 6.87. The lowest BCUT2D eigenvalue weighted by atomic mass is 10.1. The number of ketones is 1. The molecule has 0 N–H and O–H groups in total. The normalized spacial score (nSPS) is 11.0. The van der Waals surface area contributed by atoms with Gasteiger partial charge in [-0.3, -0.25) is 4.79 Å². The molecule has 154 valence electrons. The van der Waals surface area contributed by atoms with Crippen LogP contribution in [0.4, 0.5) is 4.39 Å². The molecule has 0 saturated carbocycles. The molecule has 0 atom stereocenters. The van der Waals surface area contributed by atoms with E-state index < -0.39 is 5.97 Å². The first-order chi connectivity index (χ1) is 14.5. The van der Waals surface area contributed by atoms with Crippen molar-refractivity contribution in [3.05, 3.63) is 89.0 Å². The molecule has 0 bridgehead atoms. The number of aryl methyl sites for hydroxylation is 1. The molecule has 0 aliphatic heterocycles. The van der Waals surface area contributed by atoms with Crippen molar-refractivity contribution < 1.29 is 18.7 Å². The zero-order chi connectivity index (χ0) is 21.5. The predicted octanol–water partition coefficient (Wildman–Crippen LogP) is 4.85. The molecule has 0 spiro atoms. The Kier molecular flexibility index (Phi) is 6.91. The Morgan fingerprint density at radius 3 is 2.47 bits per heavy atom. The van der Waals surface area contributed by atoms with Gasteiger partial charge in [-0.2, -0.15) is 5.10 Å². The largest absolute Gasteiger partial charge is 0.463 e. The highest BCUT2D eigenvalue weighted by atomic mass is 19.1. The van der Waals surface area contributed by atoms with E-state index in [2.05, 4.69) is 5.10 Å². The van der Waals surface area contributed by atoms with Crippen molar-refractivity contribution in [3.63, 3.8) is 0 Å². The fraction of sp³-hybridized carbons (Fsp3) is 0.208. The molecule has 1 aromatic heterocycles. The van der Waals surface area contributed by atoms with Gasteiger partial charge in [-0.25, -0.2) is 13.9 Å². The van der Waals surface area contributed by atoms with E-state index in [0.29, 0.717) is 12.0 Å². The van der Waals surface area contributed by atoms with Crippen molar-refractivity contribution in [1.82, 2.24) is 9.78 Å². The Bertz CT molecular complexity index is 1050. The Balaban J connectivity index is 1.51. The predicted molar refractivity (Wildman–Crippen MR) is 113 cm³/mol. The molecule has 6 heteroatoms. The molecule has 3 rings (SSSR count). The molecule has 5 nitrogen and oxygen atoms in total. The maximum atomic E-state index is 12.9. The lowest BCUT2D eigenvalue weighted by Gasteiger charge is -2.04. The van der Waals surface area contributed by atoms with Gasteiger partial charge < -0.3 is 4.74 Å². The molecule has 0 amide bonds. The smallest absolute Gasteiger partial charge is 0.330 e. The Morgan fingerprint density at radius 1 is 1.07 bits per heavy atom. The highest BCUT2D eigenvalue weighted by molar-refractivity contribution is 5.96. The Hall–Kier alpha value is -3.54. The highest BCUT2D eigenvalue weighted by Gasteiger charge is 2.11. The van der Waals surface area contributed by atoms with Crippen LogP contribution in [0.15, 0.2) is 60.7 Å². The minimum atomic E-state index is -0.476. The lowest BCUT2D eigenvalue weighted by Crippen LogP contribution is -2.06. The third-order valence-corrected chi connectivity index (χ3v) is 4.69. The van der Waals surface area contributed by atoms with E-state index >= 15 is 0 Å². The summed E-state index contributed by atoms with van der Waals surface area (Å²) in [7, 11) is 0. The van der Waals surface area contributed by atoms with Crippen molar-refractivity contribution in [3.8, 4) is 5.69 Å². The number of Topliss-reactive ketones (excluding diaryl/α,β-unsaturated/α-hetero) is 1. The molecule has 0 aliphatic carbocycles. The number of aromatic nitrogens is 2. The van der Waals surface area contributed by atoms with Crippen LogP contribution in [0, 0.1) is 19.7 Å². The number of ether oxygens (including phenoxy) is 1. The summed E-state index contributed by atoms with van der Waals surface area (Å²) in [6.07, 6.45) is 3.70. The van der Waals surface area contributed by atoms with Gasteiger partial charge in [0.2, 0.25) is 0 Å². The highest BCUT2D eigenvalue weighted by Crippen LogP contribution is 2.19. The van der Waals surface area contributed by atoms with Crippen molar-refractivity contribution in [2.24, 2.45) is 0 Å². The van der Waals surface area contributed by atoms with Crippen molar-refractivity contribution in [1.29, 1.82) is 0 Å². The Morgan fingerprint density at radius 2 is 1.77 bits per heavy atom. The molecular weight excluding hydrogens is 383 g/mol. The number of carbonyl (C=O) groups is 2. The molecule has 0 radical (unpaired) electrons. The second-order valence-electron chi connectivity index (χ2n) is 6.87. The van der Waals surface area contributed by atoms with Crippen LogP contribution >= 0.6 is 0 Å². The van der Waals surface area contributed by atoms with E-state index in [9.17, 15) is 14.0 Å². The molecule has 3 aromatic rings. The van der Waals surface area contributed by atoms with Gasteiger partial charge in [-0.1, -0.05) is 18.2 Å². The van der Waals surface area contributed by atoms with Crippen LogP contribution in [0.3, 0.4) is 0 Å². The number of nitrogens with zero attached hydrogens (tertiary/aromatic N) is 2. The van der Waals surface area contributed by atoms with Gasteiger partial charge in [-0.15, -0.1) is 0 Å². The van der Waals surface area contributed by atoms with Gasteiger partial charge in [-0.05, 0) is 62.7 Å². The van der Waals surface area contributed by atoms with Crippen molar-refractivity contribution in [2.45, 2.75) is 26.7 Å². The van der Waals surface area contributed by atoms with Crippen LogP contribution in [-0.2, 0) is 9.53 Å². The van der Waals surface area contributed by atoms with Gasteiger partial charge in [0.05, 0.1) is 18.0 Å². The van der Waals surface area contributed by atoms with E-state index in [-0.39, 0.29) is 24.6 Å². The number of hydrogen-bond donors (Lipinski definition) is 0. The summed E-state index contributed by atoms with van der Waals surface area (Å²) in [4.78, 5) is 24.0. The van der Waals surface area contributed by atoms with Crippen LogP contribution in [0.25, 0.3) is 11.8 Å². The molecule has 2 aromatic carbocycles. The summed E-state index contributed by atoms with van der Waals surface area (Å²) in [5.74, 6) is -0.969.